The summed E-state index contributed by atoms with van der Waals surface area (Å²) in [4.78, 5) is 31.0. The van der Waals surface area contributed by atoms with Gasteiger partial charge in [0.2, 0.25) is 5.91 Å². The zero-order chi connectivity index (χ0) is 24.3. The van der Waals surface area contributed by atoms with Crippen molar-refractivity contribution < 1.29 is 9.53 Å². The summed E-state index contributed by atoms with van der Waals surface area (Å²) in [5, 5.41) is 3.97. The molecule has 0 unspecified atom stereocenters. The number of para-hydroxylation sites is 2. The minimum Gasteiger partial charge on any atom is -0.497 e. The predicted molar refractivity (Wildman–Crippen MR) is 138 cm³/mol. The largest absolute Gasteiger partial charge is 0.497 e. The molecule has 34 heavy (non-hydrogen) atoms. The number of aromatic nitrogens is 2. The molecule has 0 aliphatic heterocycles. The highest BCUT2D eigenvalue weighted by Crippen LogP contribution is 2.30. The van der Waals surface area contributed by atoms with Crippen LogP contribution in [-0.4, -0.2) is 28.3 Å². The second-order valence-corrected chi connectivity index (χ2v) is 9.83. The molecule has 1 heterocycles. The maximum absolute atomic E-state index is 13.4. The maximum atomic E-state index is 13.4. The van der Waals surface area contributed by atoms with Gasteiger partial charge in [0.05, 0.1) is 29.5 Å². The average Bonchev–Trinajstić information content (AvgIpc) is 2.82. The lowest BCUT2D eigenvalue weighted by atomic mass is 9.86. The van der Waals surface area contributed by atoms with Crippen LogP contribution >= 0.6 is 11.8 Å². The van der Waals surface area contributed by atoms with Gasteiger partial charge in [-0.1, -0.05) is 68.9 Å². The van der Waals surface area contributed by atoms with E-state index in [0.717, 1.165) is 11.3 Å². The summed E-state index contributed by atoms with van der Waals surface area (Å²) in [6.45, 7) is 6.33. The number of carbonyl (C=O) groups excluding carboxylic acids is 1. The molecule has 1 aromatic heterocycles. The summed E-state index contributed by atoms with van der Waals surface area (Å²) in [6, 6.07) is 22.3. The van der Waals surface area contributed by atoms with E-state index in [1.165, 1.54) is 16.3 Å². The van der Waals surface area contributed by atoms with Crippen LogP contribution in [0.1, 0.15) is 26.3 Å². The molecule has 4 aromatic rings. The van der Waals surface area contributed by atoms with E-state index in [9.17, 15) is 9.59 Å². The highest BCUT2D eigenvalue weighted by atomic mass is 32.2. The first kappa shape index (κ1) is 23.6. The summed E-state index contributed by atoms with van der Waals surface area (Å²) < 4.78 is 6.87. The van der Waals surface area contributed by atoms with E-state index >= 15 is 0 Å². The number of hydrogen-bond donors (Lipinski definition) is 1. The van der Waals surface area contributed by atoms with Gasteiger partial charge in [-0.15, -0.1) is 0 Å². The third kappa shape index (κ3) is 4.99. The van der Waals surface area contributed by atoms with Gasteiger partial charge in [0.15, 0.2) is 5.16 Å². The van der Waals surface area contributed by atoms with Crippen molar-refractivity contribution in [3.8, 4) is 11.4 Å². The van der Waals surface area contributed by atoms with Gasteiger partial charge in [0.25, 0.3) is 5.56 Å². The van der Waals surface area contributed by atoms with E-state index in [2.05, 4.69) is 26.1 Å². The van der Waals surface area contributed by atoms with E-state index < -0.39 is 0 Å². The summed E-state index contributed by atoms with van der Waals surface area (Å²) in [7, 11) is 1.58. The third-order valence-electron chi connectivity index (χ3n) is 5.40. The number of amides is 1. The van der Waals surface area contributed by atoms with Crippen molar-refractivity contribution in [1.82, 2.24) is 9.55 Å². The normalized spacial score (nSPS) is 11.4. The van der Waals surface area contributed by atoms with E-state index in [4.69, 9.17) is 9.72 Å². The van der Waals surface area contributed by atoms with Crippen LogP contribution in [0.4, 0.5) is 5.69 Å². The lowest BCUT2D eigenvalue weighted by molar-refractivity contribution is -0.113. The summed E-state index contributed by atoms with van der Waals surface area (Å²) >= 11 is 1.22. The quantitative estimate of drug-likeness (QED) is 0.299. The van der Waals surface area contributed by atoms with Crippen molar-refractivity contribution in [1.29, 1.82) is 0 Å². The predicted octanol–water partition coefficient (Wildman–Crippen LogP) is 5.42. The number of rotatable bonds is 6. The fourth-order valence-corrected chi connectivity index (χ4v) is 4.56. The highest BCUT2D eigenvalue weighted by Gasteiger charge is 2.19. The van der Waals surface area contributed by atoms with Crippen LogP contribution in [0.5, 0.6) is 5.75 Å². The molecule has 0 radical (unpaired) electrons. The Morgan fingerprint density at radius 1 is 1.03 bits per heavy atom. The molecule has 0 aliphatic rings. The minimum absolute atomic E-state index is 0.104. The number of thioether (sulfide) groups is 1. The molecule has 4 rings (SSSR count). The molecule has 6 nitrogen and oxygen atoms in total. The Labute approximate surface area is 203 Å². The molecular weight excluding hydrogens is 446 g/mol. The van der Waals surface area contributed by atoms with Gasteiger partial charge in [0.1, 0.15) is 5.75 Å². The molecule has 0 bridgehead atoms. The molecule has 0 atom stereocenters. The number of methoxy groups -OCH3 is 1. The Balaban J connectivity index is 1.67. The van der Waals surface area contributed by atoms with Crippen LogP contribution in [0, 0.1) is 0 Å². The Morgan fingerprint density at radius 3 is 2.53 bits per heavy atom. The summed E-state index contributed by atoms with van der Waals surface area (Å²) in [5.74, 6) is 0.569. The SMILES string of the molecule is COc1cccc(-n2c(SCC(=O)Nc3ccccc3C(C)(C)C)nc3ccccc3c2=O)c1. The molecule has 3 aromatic carbocycles. The average molecular weight is 474 g/mol. The fourth-order valence-electron chi connectivity index (χ4n) is 3.75. The zero-order valence-corrected chi connectivity index (χ0v) is 20.5. The number of nitrogens with one attached hydrogen (secondary N) is 1. The molecule has 1 N–H and O–H groups in total. The molecule has 0 saturated heterocycles. The first-order chi connectivity index (χ1) is 16.3. The third-order valence-corrected chi connectivity index (χ3v) is 6.34. The molecule has 7 heteroatoms. The number of fused-ring (bicyclic) bond motifs is 1. The van der Waals surface area contributed by atoms with Crippen LogP contribution in [0.3, 0.4) is 0 Å². The van der Waals surface area contributed by atoms with Gasteiger partial charge in [-0.2, -0.15) is 0 Å². The number of hydrogen-bond acceptors (Lipinski definition) is 5. The van der Waals surface area contributed by atoms with Gasteiger partial charge in [-0.05, 0) is 41.3 Å². The van der Waals surface area contributed by atoms with E-state index in [-0.39, 0.29) is 22.6 Å². The van der Waals surface area contributed by atoms with Gasteiger partial charge < -0.3 is 10.1 Å². The van der Waals surface area contributed by atoms with E-state index in [1.54, 1.807) is 25.3 Å². The molecule has 0 fully saturated rings. The second kappa shape index (κ2) is 9.73. The molecular formula is C27H27N3O3S. The fraction of sp³-hybridized carbons (Fsp3) is 0.222. The summed E-state index contributed by atoms with van der Waals surface area (Å²) in [6.07, 6.45) is 0. The van der Waals surface area contributed by atoms with Crippen LogP contribution in [-0.2, 0) is 10.2 Å². The Kier molecular flexibility index (Phi) is 6.75. The number of anilines is 1. The topological polar surface area (TPSA) is 73.2 Å². The maximum Gasteiger partial charge on any atom is 0.266 e. The van der Waals surface area contributed by atoms with Gasteiger partial charge in [-0.25, -0.2) is 4.98 Å². The number of benzene rings is 3. The van der Waals surface area contributed by atoms with Crippen molar-refractivity contribution in [3.63, 3.8) is 0 Å². The van der Waals surface area contributed by atoms with Crippen LogP contribution in [0.15, 0.2) is 82.7 Å². The molecule has 0 aliphatic carbocycles. The van der Waals surface area contributed by atoms with E-state index in [0.29, 0.717) is 27.5 Å². The number of nitrogens with zero attached hydrogens (tertiary/aromatic N) is 2. The van der Waals surface area contributed by atoms with E-state index in [1.807, 2.05) is 54.6 Å². The smallest absolute Gasteiger partial charge is 0.266 e. The van der Waals surface area contributed by atoms with Crippen molar-refractivity contribution in [3.05, 3.63) is 88.7 Å². The van der Waals surface area contributed by atoms with Gasteiger partial charge in [-0.3, -0.25) is 14.2 Å². The monoisotopic (exact) mass is 473 g/mol. The Bertz CT molecular complexity index is 1410. The standard InChI is InChI=1S/C27H27N3O3S/c1-27(2,3)21-13-6-8-15-23(21)28-24(31)17-34-26-29-22-14-7-5-12-20(22)25(32)30(26)18-10-9-11-19(16-18)33-4/h5-16H,17H2,1-4H3,(H,28,31). The second-order valence-electron chi connectivity index (χ2n) is 8.89. The van der Waals surface area contributed by atoms with Crippen LogP contribution < -0.4 is 15.6 Å². The van der Waals surface area contributed by atoms with Crippen LogP contribution in [0.25, 0.3) is 16.6 Å². The van der Waals surface area contributed by atoms with Gasteiger partial charge >= 0.3 is 0 Å². The lowest BCUT2D eigenvalue weighted by Crippen LogP contribution is -2.23. The Morgan fingerprint density at radius 2 is 1.76 bits per heavy atom. The van der Waals surface area contributed by atoms with Crippen molar-refractivity contribution >= 4 is 34.3 Å². The first-order valence-electron chi connectivity index (χ1n) is 11.0. The van der Waals surface area contributed by atoms with Gasteiger partial charge in [0, 0.05) is 11.8 Å². The van der Waals surface area contributed by atoms with Crippen molar-refractivity contribution in [2.45, 2.75) is 31.3 Å². The Hall–Kier alpha value is -3.58. The molecule has 1 amide bonds. The molecule has 0 saturated carbocycles. The number of carbonyl (C=O) groups is 1. The van der Waals surface area contributed by atoms with Crippen molar-refractivity contribution in [2.24, 2.45) is 0 Å². The lowest BCUT2D eigenvalue weighted by Gasteiger charge is -2.23. The first-order valence-corrected chi connectivity index (χ1v) is 11.9. The summed E-state index contributed by atoms with van der Waals surface area (Å²) in [5.41, 5.74) is 2.77. The zero-order valence-electron chi connectivity index (χ0n) is 19.7. The molecule has 0 spiro atoms. The number of ether oxygens (including phenoxy) is 1. The minimum atomic E-state index is -0.195. The highest BCUT2D eigenvalue weighted by molar-refractivity contribution is 7.99. The molecule has 174 valence electrons. The van der Waals surface area contributed by atoms with Crippen molar-refractivity contribution in [2.75, 3.05) is 18.2 Å². The van der Waals surface area contributed by atoms with Crippen LogP contribution in [0.2, 0.25) is 0 Å².